The summed E-state index contributed by atoms with van der Waals surface area (Å²) in [5.41, 5.74) is 0. The smallest absolute Gasteiger partial charge is 0.409 e. The molecule has 1 amide bonds. The third-order valence-corrected chi connectivity index (χ3v) is 1.92. The van der Waals surface area contributed by atoms with Gasteiger partial charge in [0.05, 0.1) is 7.11 Å². The molecule has 0 saturated heterocycles. The molecular weight excluding hydrogens is 202 g/mol. The summed E-state index contributed by atoms with van der Waals surface area (Å²) in [5.74, 6) is 0.437. The zero-order valence-corrected chi connectivity index (χ0v) is 9.59. The van der Waals surface area contributed by atoms with Crippen molar-refractivity contribution in [2.45, 2.75) is 19.8 Å². The number of alkyl halides is 1. The molecule has 3 nitrogen and oxygen atoms in total. The highest BCUT2D eigenvalue weighted by Crippen LogP contribution is 1.98. The van der Waals surface area contributed by atoms with Gasteiger partial charge in [-0.25, -0.2) is 4.79 Å². The van der Waals surface area contributed by atoms with E-state index in [1.54, 1.807) is 4.90 Å². The van der Waals surface area contributed by atoms with Crippen molar-refractivity contribution in [2.75, 3.05) is 26.1 Å². The van der Waals surface area contributed by atoms with Crippen LogP contribution in [0.5, 0.6) is 0 Å². The van der Waals surface area contributed by atoms with Crippen LogP contribution in [0.25, 0.3) is 0 Å². The molecule has 82 valence electrons. The molecule has 0 aliphatic heterocycles. The molecule has 0 rings (SSSR count). The third-order valence-electron chi connectivity index (χ3n) is 1.76. The first-order chi connectivity index (χ1) is 6.76. The lowest BCUT2D eigenvalue weighted by molar-refractivity contribution is 0.127. The minimum atomic E-state index is -0.310. The number of nitrogens with zero attached hydrogens (tertiary/aromatic N) is 1. The maximum absolute atomic E-state index is 11.2. The molecule has 0 fully saturated rings. The summed E-state index contributed by atoms with van der Waals surface area (Å²) in [6.45, 7) is 3.28. The quantitative estimate of drug-likeness (QED) is 0.508. The zero-order chi connectivity index (χ0) is 10.8. The minimum Gasteiger partial charge on any atom is -0.453 e. The van der Waals surface area contributed by atoms with Crippen molar-refractivity contribution in [3.63, 3.8) is 0 Å². The minimum absolute atomic E-state index is 0.310. The molecular formula is C10H18ClNO2. The molecule has 0 heterocycles. The summed E-state index contributed by atoms with van der Waals surface area (Å²) >= 11 is 5.57. The molecule has 0 atom stereocenters. The Balaban J connectivity index is 3.84. The predicted molar refractivity (Wildman–Crippen MR) is 58.7 cm³/mol. The zero-order valence-electron chi connectivity index (χ0n) is 8.83. The number of carbonyl (C=O) groups excluding carboxylic acids is 1. The van der Waals surface area contributed by atoms with Crippen LogP contribution in [0.15, 0.2) is 12.2 Å². The summed E-state index contributed by atoms with van der Waals surface area (Å²) in [6.07, 6.45) is 5.70. The Labute approximate surface area is 90.7 Å². The van der Waals surface area contributed by atoms with Crippen LogP contribution in [0.3, 0.4) is 0 Å². The van der Waals surface area contributed by atoms with E-state index >= 15 is 0 Å². The van der Waals surface area contributed by atoms with E-state index in [2.05, 4.69) is 23.8 Å². The summed E-state index contributed by atoms with van der Waals surface area (Å²) < 4.78 is 4.63. The van der Waals surface area contributed by atoms with E-state index in [0.29, 0.717) is 19.0 Å². The van der Waals surface area contributed by atoms with Crippen molar-refractivity contribution in [1.29, 1.82) is 0 Å². The topological polar surface area (TPSA) is 29.5 Å². The van der Waals surface area contributed by atoms with E-state index < -0.39 is 0 Å². The van der Waals surface area contributed by atoms with E-state index in [1.807, 2.05) is 0 Å². The Morgan fingerprint density at radius 3 is 2.64 bits per heavy atom. The van der Waals surface area contributed by atoms with Gasteiger partial charge in [0.25, 0.3) is 0 Å². The summed E-state index contributed by atoms with van der Waals surface area (Å²) in [4.78, 5) is 12.8. The lowest BCUT2D eigenvalue weighted by atomic mass is 10.3. The number of methoxy groups -OCH3 is 1. The van der Waals surface area contributed by atoms with Crippen LogP contribution in [-0.4, -0.2) is 37.1 Å². The van der Waals surface area contributed by atoms with Gasteiger partial charge in [-0.1, -0.05) is 19.1 Å². The predicted octanol–water partition coefficient (Wildman–Crippen LogP) is 2.65. The Hall–Kier alpha value is -0.700. The van der Waals surface area contributed by atoms with Gasteiger partial charge in [-0.15, -0.1) is 11.6 Å². The molecule has 0 N–H and O–H groups in total. The molecule has 0 saturated carbocycles. The molecule has 0 aromatic rings. The van der Waals surface area contributed by atoms with Gasteiger partial charge in [0.1, 0.15) is 0 Å². The number of amides is 1. The molecule has 0 spiro atoms. The van der Waals surface area contributed by atoms with Gasteiger partial charge in [0.2, 0.25) is 0 Å². The molecule has 0 aliphatic rings. The fraction of sp³-hybridized carbons (Fsp3) is 0.700. The van der Waals surface area contributed by atoms with Crippen molar-refractivity contribution in [1.82, 2.24) is 4.90 Å². The monoisotopic (exact) mass is 219 g/mol. The second kappa shape index (κ2) is 8.88. The molecule has 0 radical (unpaired) electrons. The van der Waals surface area contributed by atoms with Crippen molar-refractivity contribution in [3.05, 3.63) is 12.2 Å². The van der Waals surface area contributed by atoms with E-state index in [0.717, 1.165) is 12.8 Å². The number of hydrogen-bond donors (Lipinski definition) is 0. The maximum Gasteiger partial charge on any atom is 0.409 e. The molecule has 14 heavy (non-hydrogen) atoms. The van der Waals surface area contributed by atoms with E-state index in [1.165, 1.54) is 7.11 Å². The van der Waals surface area contributed by atoms with Gasteiger partial charge in [0.15, 0.2) is 0 Å². The lowest BCUT2D eigenvalue weighted by Crippen LogP contribution is -2.33. The van der Waals surface area contributed by atoms with Crippen LogP contribution < -0.4 is 0 Å². The van der Waals surface area contributed by atoms with E-state index in [4.69, 9.17) is 11.6 Å². The van der Waals surface area contributed by atoms with Crippen LogP contribution >= 0.6 is 11.6 Å². The molecule has 0 aromatic carbocycles. The van der Waals surface area contributed by atoms with E-state index in [-0.39, 0.29) is 6.09 Å². The summed E-state index contributed by atoms with van der Waals surface area (Å²) in [7, 11) is 1.38. The molecule has 0 aliphatic carbocycles. The van der Waals surface area contributed by atoms with Crippen molar-refractivity contribution >= 4 is 17.7 Å². The first kappa shape index (κ1) is 13.3. The second-order valence-corrected chi connectivity index (χ2v) is 3.19. The standard InChI is InChI=1S/C10H18ClNO2/c1-3-4-5-6-8-12(9-7-11)10(13)14-2/h4-5H,3,6-9H2,1-2H3/b5-4+. The van der Waals surface area contributed by atoms with Gasteiger partial charge in [-0.2, -0.15) is 0 Å². The highest BCUT2D eigenvalue weighted by Gasteiger charge is 2.10. The Bertz CT molecular complexity index is 183. The number of hydrogen-bond acceptors (Lipinski definition) is 2. The fourth-order valence-corrected chi connectivity index (χ4v) is 1.24. The third kappa shape index (κ3) is 5.86. The van der Waals surface area contributed by atoms with E-state index in [9.17, 15) is 4.79 Å². The molecule has 4 heteroatoms. The highest BCUT2D eigenvalue weighted by atomic mass is 35.5. The summed E-state index contributed by atoms with van der Waals surface area (Å²) in [6, 6.07) is 0. The van der Waals surface area contributed by atoms with Gasteiger partial charge >= 0.3 is 6.09 Å². The normalized spacial score (nSPS) is 10.5. The van der Waals surface area contributed by atoms with Crippen molar-refractivity contribution < 1.29 is 9.53 Å². The number of rotatable bonds is 6. The number of halogens is 1. The fourth-order valence-electron chi connectivity index (χ4n) is 1.04. The Morgan fingerprint density at radius 1 is 1.43 bits per heavy atom. The lowest BCUT2D eigenvalue weighted by Gasteiger charge is -2.18. The van der Waals surface area contributed by atoms with Crippen LogP contribution in [0.1, 0.15) is 19.8 Å². The number of carbonyl (C=O) groups is 1. The van der Waals surface area contributed by atoms with Crippen LogP contribution in [0.4, 0.5) is 4.79 Å². The second-order valence-electron chi connectivity index (χ2n) is 2.81. The van der Waals surface area contributed by atoms with Gasteiger partial charge in [-0.3, -0.25) is 0 Å². The number of ether oxygens (including phenoxy) is 1. The van der Waals surface area contributed by atoms with Crippen LogP contribution in [0.2, 0.25) is 0 Å². The average Bonchev–Trinajstić information content (AvgIpc) is 2.21. The van der Waals surface area contributed by atoms with Gasteiger partial charge in [0, 0.05) is 19.0 Å². The van der Waals surface area contributed by atoms with Crippen molar-refractivity contribution in [3.8, 4) is 0 Å². The van der Waals surface area contributed by atoms with Gasteiger partial charge in [-0.05, 0) is 12.8 Å². The highest BCUT2D eigenvalue weighted by molar-refractivity contribution is 6.18. The Kier molecular flexibility index (Phi) is 8.43. The first-order valence-electron chi connectivity index (χ1n) is 4.80. The van der Waals surface area contributed by atoms with Crippen molar-refractivity contribution in [2.24, 2.45) is 0 Å². The molecule has 0 aromatic heterocycles. The SMILES string of the molecule is CC/C=C/CCN(CCCl)C(=O)OC. The summed E-state index contributed by atoms with van der Waals surface area (Å²) in [5, 5.41) is 0. The average molecular weight is 220 g/mol. The van der Waals surface area contributed by atoms with Crippen LogP contribution in [0, 0.1) is 0 Å². The maximum atomic E-state index is 11.2. The first-order valence-corrected chi connectivity index (χ1v) is 5.33. The van der Waals surface area contributed by atoms with Gasteiger partial charge < -0.3 is 9.64 Å². The largest absolute Gasteiger partial charge is 0.453 e. The molecule has 0 unspecified atom stereocenters. The van der Waals surface area contributed by atoms with Crippen LogP contribution in [-0.2, 0) is 4.74 Å². The molecule has 0 bridgehead atoms. The number of allylic oxidation sites excluding steroid dienone is 1. The Morgan fingerprint density at radius 2 is 2.14 bits per heavy atom.